The first-order valence-corrected chi connectivity index (χ1v) is 10.7. The summed E-state index contributed by atoms with van der Waals surface area (Å²) in [6.07, 6.45) is 4.49. The minimum Gasteiger partial charge on any atom is -0.361 e. The van der Waals surface area contributed by atoms with E-state index in [0.717, 1.165) is 35.9 Å². The third kappa shape index (κ3) is 3.31. The second kappa shape index (κ2) is 8.09. The predicted octanol–water partition coefficient (Wildman–Crippen LogP) is 3.83. The summed E-state index contributed by atoms with van der Waals surface area (Å²) < 4.78 is 16.2. The monoisotopic (exact) mass is 430 g/mol. The SMILES string of the molecule is CCNCCCn1cc(C2=C(c3c[nH]c4ccccc34)C(=O)NC2=O)c2cc(F)ccc21. The van der Waals surface area contributed by atoms with E-state index >= 15 is 0 Å². The van der Waals surface area contributed by atoms with Crippen LogP contribution < -0.4 is 10.6 Å². The van der Waals surface area contributed by atoms with Gasteiger partial charge in [-0.05, 0) is 43.8 Å². The highest BCUT2D eigenvalue weighted by atomic mass is 19.1. The molecule has 0 bridgehead atoms. The van der Waals surface area contributed by atoms with E-state index in [1.807, 2.05) is 35.0 Å². The number of hydrogen-bond acceptors (Lipinski definition) is 3. The summed E-state index contributed by atoms with van der Waals surface area (Å²) in [5, 5.41) is 7.20. The van der Waals surface area contributed by atoms with Gasteiger partial charge in [0.05, 0.1) is 11.1 Å². The summed E-state index contributed by atoms with van der Waals surface area (Å²) in [7, 11) is 0. The lowest BCUT2D eigenvalue weighted by molar-refractivity contribution is -0.122. The Bertz CT molecular complexity index is 1400. The first kappa shape index (κ1) is 20.2. The number of para-hydroxylation sites is 1. The Morgan fingerprint density at radius 1 is 1.00 bits per heavy atom. The summed E-state index contributed by atoms with van der Waals surface area (Å²) in [5.74, 6) is -1.30. The topological polar surface area (TPSA) is 78.9 Å². The number of carbonyl (C=O) groups is 2. The van der Waals surface area contributed by atoms with Crippen molar-refractivity contribution in [1.29, 1.82) is 0 Å². The van der Waals surface area contributed by atoms with E-state index in [4.69, 9.17) is 0 Å². The maximum atomic E-state index is 14.2. The molecule has 0 unspecified atom stereocenters. The second-order valence-electron chi connectivity index (χ2n) is 7.89. The van der Waals surface area contributed by atoms with Gasteiger partial charge in [-0.3, -0.25) is 14.9 Å². The Morgan fingerprint density at radius 3 is 2.59 bits per heavy atom. The van der Waals surface area contributed by atoms with Gasteiger partial charge in [0.2, 0.25) is 0 Å². The third-order valence-corrected chi connectivity index (χ3v) is 5.90. The van der Waals surface area contributed by atoms with Crippen LogP contribution in [-0.4, -0.2) is 34.5 Å². The number of halogens is 1. The molecule has 2 amide bonds. The molecule has 0 radical (unpaired) electrons. The van der Waals surface area contributed by atoms with E-state index < -0.39 is 11.8 Å². The summed E-state index contributed by atoms with van der Waals surface area (Å²) in [6, 6.07) is 12.2. The first-order chi connectivity index (χ1) is 15.6. The number of nitrogens with one attached hydrogen (secondary N) is 3. The molecule has 1 aliphatic rings. The highest BCUT2D eigenvalue weighted by Gasteiger charge is 2.35. The van der Waals surface area contributed by atoms with Gasteiger partial charge in [-0.15, -0.1) is 0 Å². The van der Waals surface area contributed by atoms with Gasteiger partial charge in [0, 0.05) is 51.9 Å². The molecular formula is C25H23FN4O2. The van der Waals surface area contributed by atoms with Gasteiger partial charge in [-0.25, -0.2) is 4.39 Å². The number of aromatic amines is 1. The smallest absolute Gasteiger partial charge is 0.259 e. The van der Waals surface area contributed by atoms with Crippen molar-refractivity contribution >= 4 is 44.8 Å². The third-order valence-electron chi connectivity index (χ3n) is 5.90. The highest BCUT2D eigenvalue weighted by Crippen LogP contribution is 2.38. The molecule has 0 aliphatic carbocycles. The van der Waals surface area contributed by atoms with Crippen molar-refractivity contribution in [2.45, 2.75) is 19.9 Å². The zero-order chi connectivity index (χ0) is 22.2. The molecule has 4 aromatic rings. The van der Waals surface area contributed by atoms with Crippen molar-refractivity contribution in [3.05, 3.63) is 71.8 Å². The molecule has 0 fully saturated rings. The van der Waals surface area contributed by atoms with Crippen molar-refractivity contribution in [2.75, 3.05) is 13.1 Å². The number of rotatable bonds is 7. The number of H-pyrrole nitrogens is 1. The van der Waals surface area contributed by atoms with Gasteiger partial charge in [0.1, 0.15) is 5.82 Å². The quantitative estimate of drug-likeness (QED) is 0.308. The average Bonchev–Trinajstić information content (AvgIpc) is 3.44. The lowest BCUT2D eigenvalue weighted by Crippen LogP contribution is -2.22. The van der Waals surface area contributed by atoms with E-state index in [-0.39, 0.29) is 11.4 Å². The number of aryl methyl sites for hydroxylation is 1. The van der Waals surface area contributed by atoms with Gasteiger partial charge in [0.15, 0.2) is 0 Å². The number of hydrogen-bond donors (Lipinski definition) is 3. The maximum Gasteiger partial charge on any atom is 0.259 e. The molecule has 6 nitrogen and oxygen atoms in total. The molecule has 2 aromatic heterocycles. The number of fused-ring (bicyclic) bond motifs is 2. The normalized spacial score (nSPS) is 14.2. The maximum absolute atomic E-state index is 14.2. The van der Waals surface area contributed by atoms with Crippen molar-refractivity contribution in [3.8, 4) is 0 Å². The fraction of sp³-hybridized carbons (Fsp3) is 0.200. The first-order valence-electron chi connectivity index (χ1n) is 10.7. The lowest BCUT2D eigenvalue weighted by atomic mass is 9.95. The summed E-state index contributed by atoms with van der Waals surface area (Å²) in [4.78, 5) is 29.0. The van der Waals surface area contributed by atoms with Crippen LogP contribution in [0.1, 0.15) is 24.5 Å². The second-order valence-corrected chi connectivity index (χ2v) is 7.89. The van der Waals surface area contributed by atoms with Crippen molar-refractivity contribution in [1.82, 2.24) is 20.2 Å². The van der Waals surface area contributed by atoms with E-state index in [9.17, 15) is 14.0 Å². The van der Waals surface area contributed by atoms with E-state index in [1.54, 1.807) is 12.3 Å². The van der Waals surface area contributed by atoms with Crippen LogP contribution in [0.25, 0.3) is 33.0 Å². The zero-order valence-corrected chi connectivity index (χ0v) is 17.7. The summed E-state index contributed by atoms with van der Waals surface area (Å²) in [6.45, 7) is 4.52. The molecule has 1 aliphatic heterocycles. The standard InChI is InChI=1S/C25H23FN4O2/c1-2-27-10-5-11-30-14-19(17-12-15(26)8-9-21(17)30)23-22(24(31)29-25(23)32)18-13-28-20-7-4-3-6-16(18)20/h3-4,6-9,12-14,27-28H,2,5,10-11H2,1H3,(H,29,31,32). The fourth-order valence-corrected chi connectivity index (χ4v) is 4.45. The minimum absolute atomic E-state index is 0.279. The number of carbonyl (C=O) groups excluding carboxylic acids is 2. The van der Waals surface area contributed by atoms with Crippen LogP contribution in [0, 0.1) is 5.82 Å². The molecule has 162 valence electrons. The molecule has 3 N–H and O–H groups in total. The van der Waals surface area contributed by atoms with Gasteiger partial charge in [0.25, 0.3) is 11.8 Å². The Hall–Kier alpha value is -3.71. The number of benzene rings is 2. The molecule has 32 heavy (non-hydrogen) atoms. The lowest BCUT2D eigenvalue weighted by Gasteiger charge is -2.05. The van der Waals surface area contributed by atoms with Crippen LogP contribution in [0.15, 0.2) is 54.9 Å². The number of amides is 2. The van der Waals surface area contributed by atoms with Crippen LogP contribution >= 0.6 is 0 Å². The summed E-state index contributed by atoms with van der Waals surface area (Å²) >= 11 is 0. The minimum atomic E-state index is -0.466. The largest absolute Gasteiger partial charge is 0.361 e. The van der Waals surface area contributed by atoms with Crippen molar-refractivity contribution in [2.24, 2.45) is 0 Å². The van der Waals surface area contributed by atoms with Crippen LogP contribution in [0.5, 0.6) is 0 Å². The predicted molar refractivity (Wildman–Crippen MR) is 123 cm³/mol. The summed E-state index contributed by atoms with van der Waals surface area (Å²) in [5.41, 5.74) is 3.51. The van der Waals surface area contributed by atoms with Gasteiger partial charge in [-0.1, -0.05) is 25.1 Å². The van der Waals surface area contributed by atoms with Crippen molar-refractivity contribution in [3.63, 3.8) is 0 Å². The van der Waals surface area contributed by atoms with Crippen molar-refractivity contribution < 1.29 is 14.0 Å². The number of nitrogens with zero attached hydrogens (tertiary/aromatic N) is 1. The average molecular weight is 430 g/mol. The molecule has 0 spiro atoms. The van der Waals surface area contributed by atoms with Crippen LogP contribution in [0.2, 0.25) is 0 Å². The van der Waals surface area contributed by atoms with Gasteiger partial charge < -0.3 is 14.9 Å². The van der Waals surface area contributed by atoms with Gasteiger partial charge >= 0.3 is 0 Å². The Balaban J connectivity index is 1.71. The molecule has 0 saturated carbocycles. The molecule has 0 saturated heterocycles. The van der Waals surface area contributed by atoms with E-state index in [2.05, 4.69) is 22.5 Å². The molecule has 7 heteroatoms. The van der Waals surface area contributed by atoms with E-state index in [0.29, 0.717) is 28.6 Å². The Morgan fingerprint density at radius 2 is 1.78 bits per heavy atom. The molecule has 5 rings (SSSR count). The van der Waals surface area contributed by atoms with E-state index in [1.165, 1.54) is 12.1 Å². The van der Waals surface area contributed by atoms with Crippen LogP contribution in [0.4, 0.5) is 4.39 Å². The Labute approximate surface area is 184 Å². The fourth-order valence-electron chi connectivity index (χ4n) is 4.45. The number of aromatic nitrogens is 2. The zero-order valence-electron chi connectivity index (χ0n) is 17.7. The van der Waals surface area contributed by atoms with Gasteiger partial charge in [-0.2, -0.15) is 0 Å². The number of imide groups is 1. The van der Waals surface area contributed by atoms with Crippen LogP contribution in [-0.2, 0) is 16.1 Å². The molecular weight excluding hydrogens is 407 g/mol. The molecule has 2 aromatic carbocycles. The molecule has 3 heterocycles. The Kier molecular flexibility index (Phi) is 5.11. The van der Waals surface area contributed by atoms with Crippen LogP contribution in [0.3, 0.4) is 0 Å². The highest BCUT2D eigenvalue weighted by molar-refractivity contribution is 6.50. The molecule has 0 atom stereocenters.